The van der Waals surface area contributed by atoms with Gasteiger partial charge in [0.25, 0.3) is 0 Å². The van der Waals surface area contributed by atoms with Gasteiger partial charge in [-0.3, -0.25) is 4.79 Å². The van der Waals surface area contributed by atoms with Crippen LogP contribution in [-0.2, 0) is 9.53 Å². The Morgan fingerprint density at radius 3 is 2.92 bits per heavy atom. The van der Waals surface area contributed by atoms with Crippen LogP contribution in [0.3, 0.4) is 0 Å². The molecule has 0 aromatic rings. The van der Waals surface area contributed by atoms with Crippen molar-refractivity contribution in [2.75, 3.05) is 7.11 Å². The van der Waals surface area contributed by atoms with Crippen molar-refractivity contribution in [3.63, 3.8) is 0 Å². The van der Waals surface area contributed by atoms with Gasteiger partial charge in [0.15, 0.2) is 0 Å². The number of methoxy groups -OCH3 is 1. The molecular formula is C8H9ClO3. The van der Waals surface area contributed by atoms with E-state index in [1.54, 1.807) is 0 Å². The molecular weight excluding hydrogens is 180 g/mol. The zero-order valence-electron chi connectivity index (χ0n) is 6.58. The van der Waals surface area contributed by atoms with Crippen molar-refractivity contribution in [1.29, 1.82) is 0 Å². The second kappa shape index (κ2) is 3.29. The molecule has 66 valence electrons. The Morgan fingerprint density at radius 2 is 2.42 bits per heavy atom. The summed E-state index contributed by atoms with van der Waals surface area (Å²) in [5, 5.41) is 8.03. The fourth-order valence-electron chi connectivity index (χ4n) is 0.980. The molecule has 1 rings (SSSR count). The topological polar surface area (TPSA) is 46.5 Å². The van der Waals surface area contributed by atoms with Crippen LogP contribution in [0.1, 0.15) is 6.42 Å². The highest BCUT2D eigenvalue weighted by Gasteiger charge is 2.34. The normalized spacial score (nSPS) is 29.2. The third-order valence-corrected chi connectivity index (χ3v) is 2.23. The molecule has 0 aromatic carbocycles. The van der Waals surface area contributed by atoms with E-state index in [1.807, 2.05) is 0 Å². The predicted octanol–water partition coefficient (Wildman–Crippen LogP) is 1.54. The molecule has 0 spiro atoms. The molecule has 1 aliphatic rings. The minimum absolute atomic E-state index is 0.0720. The number of hydrogen-bond donors (Lipinski definition) is 1. The average Bonchev–Trinajstić information content (AvgIpc) is 2.10. The van der Waals surface area contributed by atoms with E-state index in [-0.39, 0.29) is 12.2 Å². The molecule has 1 N–H and O–H groups in total. The zero-order valence-corrected chi connectivity index (χ0v) is 7.34. The quantitative estimate of drug-likeness (QED) is 0.528. The smallest absolute Gasteiger partial charge is 0.202 e. The van der Waals surface area contributed by atoms with Gasteiger partial charge in [0.2, 0.25) is 5.06 Å². The Balaban J connectivity index is 2.93. The maximum Gasteiger partial charge on any atom is 0.202 e. The van der Waals surface area contributed by atoms with Crippen molar-refractivity contribution in [2.24, 2.45) is 0 Å². The Kier molecular flexibility index (Phi) is 2.55. The summed E-state index contributed by atoms with van der Waals surface area (Å²) in [6.07, 6.45) is 3.77. The standard InChI is InChI=1S/C8H9ClO3/c1-12-8(9)4-6(5-10)2-3-7(8)11/h2-3,5,11H,4H2,1H3. The van der Waals surface area contributed by atoms with Crippen LogP contribution in [0.4, 0.5) is 0 Å². The minimum Gasteiger partial charge on any atom is -0.508 e. The summed E-state index contributed by atoms with van der Waals surface area (Å²) in [6.45, 7) is 0. The van der Waals surface area contributed by atoms with Crippen molar-refractivity contribution >= 4 is 17.9 Å². The van der Waals surface area contributed by atoms with E-state index in [2.05, 4.69) is 0 Å². The zero-order chi connectivity index (χ0) is 9.19. The van der Waals surface area contributed by atoms with E-state index in [9.17, 15) is 9.90 Å². The predicted molar refractivity (Wildman–Crippen MR) is 45.1 cm³/mol. The molecule has 0 aliphatic heterocycles. The molecule has 0 saturated carbocycles. The van der Waals surface area contributed by atoms with Gasteiger partial charge in [-0.1, -0.05) is 17.7 Å². The number of aliphatic hydroxyl groups is 1. The van der Waals surface area contributed by atoms with Crippen LogP contribution in [0.2, 0.25) is 0 Å². The van der Waals surface area contributed by atoms with Crippen LogP contribution in [-0.4, -0.2) is 23.6 Å². The average molecular weight is 189 g/mol. The van der Waals surface area contributed by atoms with Crippen molar-refractivity contribution in [3.8, 4) is 0 Å². The number of hydrogen-bond acceptors (Lipinski definition) is 3. The molecule has 1 atom stereocenters. The molecule has 0 radical (unpaired) electrons. The summed E-state index contributed by atoms with van der Waals surface area (Å²) in [4.78, 5) is 10.4. The van der Waals surface area contributed by atoms with Gasteiger partial charge in [0.1, 0.15) is 12.0 Å². The van der Waals surface area contributed by atoms with Crippen molar-refractivity contribution in [1.82, 2.24) is 0 Å². The van der Waals surface area contributed by atoms with Crippen LogP contribution in [0.5, 0.6) is 0 Å². The lowest BCUT2D eigenvalue weighted by Gasteiger charge is -2.26. The third-order valence-electron chi connectivity index (χ3n) is 1.74. The van der Waals surface area contributed by atoms with Gasteiger partial charge in [-0.05, 0) is 11.6 Å². The molecule has 0 fully saturated rings. The van der Waals surface area contributed by atoms with Crippen LogP contribution in [0.25, 0.3) is 0 Å². The van der Waals surface area contributed by atoms with Crippen LogP contribution < -0.4 is 0 Å². The van der Waals surface area contributed by atoms with Crippen molar-refractivity contribution < 1.29 is 14.6 Å². The fraction of sp³-hybridized carbons (Fsp3) is 0.375. The molecule has 1 unspecified atom stereocenters. The SMILES string of the molecule is COC1(Cl)CC(C=O)=CC=C1O. The Bertz CT molecular complexity index is 257. The first kappa shape index (κ1) is 9.29. The van der Waals surface area contributed by atoms with Gasteiger partial charge in [-0.2, -0.15) is 0 Å². The number of rotatable bonds is 2. The third kappa shape index (κ3) is 1.52. The number of ether oxygens (including phenoxy) is 1. The summed E-state index contributed by atoms with van der Waals surface area (Å²) in [5.74, 6) is -0.0720. The van der Waals surface area contributed by atoms with Gasteiger partial charge in [-0.15, -0.1) is 0 Å². The maximum absolute atomic E-state index is 10.4. The second-order valence-electron chi connectivity index (χ2n) is 2.52. The van der Waals surface area contributed by atoms with E-state index < -0.39 is 5.06 Å². The van der Waals surface area contributed by atoms with E-state index in [0.29, 0.717) is 11.9 Å². The molecule has 0 amide bonds. The van der Waals surface area contributed by atoms with E-state index in [1.165, 1.54) is 19.3 Å². The summed E-state index contributed by atoms with van der Waals surface area (Å²) in [6, 6.07) is 0. The number of allylic oxidation sites excluding steroid dienone is 2. The molecule has 0 aromatic heterocycles. The number of aldehydes is 1. The van der Waals surface area contributed by atoms with Gasteiger partial charge in [0, 0.05) is 13.5 Å². The maximum atomic E-state index is 10.4. The molecule has 12 heavy (non-hydrogen) atoms. The number of carbonyl (C=O) groups is 1. The highest BCUT2D eigenvalue weighted by molar-refractivity contribution is 6.25. The molecule has 4 heteroatoms. The van der Waals surface area contributed by atoms with Gasteiger partial charge in [-0.25, -0.2) is 0 Å². The van der Waals surface area contributed by atoms with Gasteiger partial charge in [0.05, 0.1) is 0 Å². The highest BCUT2D eigenvalue weighted by Crippen LogP contribution is 2.33. The van der Waals surface area contributed by atoms with Gasteiger partial charge >= 0.3 is 0 Å². The Labute approximate surface area is 75.3 Å². The first-order valence-electron chi connectivity index (χ1n) is 3.42. The monoisotopic (exact) mass is 188 g/mol. The van der Waals surface area contributed by atoms with E-state index in [0.717, 1.165) is 0 Å². The van der Waals surface area contributed by atoms with Crippen LogP contribution >= 0.6 is 11.6 Å². The second-order valence-corrected chi connectivity index (χ2v) is 3.13. The fourth-order valence-corrected chi connectivity index (χ4v) is 1.20. The van der Waals surface area contributed by atoms with Crippen LogP contribution in [0.15, 0.2) is 23.5 Å². The van der Waals surface area contributed by atoms with E-state index in [4.69, 9.17) is 16.3 Å². The molecule has 0 heterocycles. The molecule has 0 saturated heterocycles. The lowest BCUT2D eigenvalue weighted by Crippen LogP contribution is -2.29. The number of carbonyl (C=O) groups excluding carboxylic acids is 1. The summed E-state index contributed by atoms with van der Waals surface area (Å²) in [7, 11) is 1.38. The minimum atomic E-state index is -1.26. The molecule has 1 aliphatic carbocycles. The largest absolute Gasteiger partial charge is 0.508 e. The summed E-state index contributed by atoms with van der Waals surface area (Å²) >= 11 is 5.84. The number of aliphatic hydroxyl groups excluding tert-OH is 1. The summed E-state index contributed by atoms with van der Waals surface area (Å²) in [5.41, 5.74) is 0.504. The molecule has 0 bridgehead atoms. The number of alkyl halides is 1. The first-order valence-corrected chi connectivity index (χ1v) is 3.80. The highest BCUT2D eigenvalue weighted by atomic mass is 35.5. The molecule has 3 nitrogen and oxygen atoms in total. The van der Waals surface area contributed by atoms with Crippen molar-refractivity contribution in [2.45, 2.75) is 11.5 Å². The first-order chi connectivity index (χ1) is 5.62. The van der Waals surface area contributed by atoms with Crippen molar-refractivity contribution in [3.05, 3.63) is 23.5 Å². The Morgan fingerprint density at radius 1 is 1.75 bits per heavy atom. The summed E-state index contributed by atoms with van der Waals surface area (Å²) < 4.78 is 4.87. The lowest BCUT2D eigenvalue weighted by atomic mass is 10.0. The van der Waals surface area contributed by atoms with Gasteiger partial charge < -0.3 is 9.84 Å². The Hall–Kier alpha value is -0.800. The van der Waals surface area contributed by atoms with E-state index >= 15 is 0 Å². The van der Waals surface area contributed by atoms with Crippen LogP contribution in [0, 0.1) is 0 Å². The lowest BCUT2D eigenvalue weighted by molar-refractivity contribution is -0.105. The number of halogens is 1.